The molecule has 0 spiro atoms. The lowest BCUT2D eigenvalue weighted by atomic mass is 10.0. The van der Waals surface area contributed by atoms with E-state index in [-0.39, 0.29) is 5.91 Å². The summed E-state index contributed by atoms with van der Waals surface area (Å²) in [6, 6.07) is 8.06. The maximum atomic E-state index is 12.3. The van der Waals surface area contributed by atoms with Crippen LogP contribution in [0.3, 0.4) is 0 Å². The molecule has 0 saturated heterocycles. The summed E-state index contributed by atoms with van der Waals surface area (Å²) >= 11 is 0. The number of rotatable bonds is 2. The monoisotopic (exact) mass is 281 g/mol. The van der Waals surface area contributed by atoms with Gasteiger partial charge in [-0.1, -0.05) is 18.2 Å². The van der Waals surface area contributed by atoms with Gasteiger partial charge in [-0.3, -0.25) is 9.78 Å². The van der Waals surface area contributed by atoms with Crippen molar-refractivity contribution in [2.24, 2.45) is 0 Å². The van der Waals surface area contributed by atoms with Crippen molar-refractivity contribution in [2.75, 3.05) is 10.6 Å². The van der Waals surface area contributed by atoms with Gasteiger partial charge in [0.1, 0.15) is 0 Å². The van der Waals surface area contributed by atoms with Gasteiger partial charge in [-0.25, -0.2) is 0 Å². The third-order valence-electron chi connectivity index (χ3n) is 4.18. The standard InChI is InChI=1S/C17H19N3O/c1-11-9-19-14(12(2)17(11)18)10-20-15-6-4-3-5-13(15)7-8-16(20)21/h3-6,9H,7-8,10H2,1-2H3,(H2,18,19). The highest BCUT2D eigenvalue weighted by Crippen LogP contribution is 2.29. The zero-order chi connectivity index (χ0) is 15.0. The fourth-order valence-electron chi connectivity index (χ4n) is 2.77. The van der Waals surface area contributed by atoms with E-state index in [9.17, 15) is 4.79 Å². The number of carbonyl (C=O) groups excluding carboxylic acids is 1. The van der Waals surface area contributed by atoms with Gasteiger partial charge in [-0.05, 0) is 43.0 Å². The number of nitrogen functional groups attached to an aromatic ring is 1. The van der Waals surface area contributed by atoms with Crippen molar-refractivity contribution in [2.45, 2.75) is 33.2 Å². The van der Waals surface area contributed by atoms with Gasteiger partial charge in [-0.15, -0.1) is 0 Å². The van der Waals surface area contributed by atoms with Crippen LogP contribution in [-0.2, 0) is 17.8 Å². The molecular weight excluding hydrogens is 262 g/mol. The smallest absolute Gasteiger partial charge is 0.227 e. The van der Waals surface area contributed by atoms with Gasteiger partial charge in [0.15, 0.2) is 0 Å². The first-order valence-electron chi connectivity index (χ1n) is 7.16. The molecule has 0 saturated carbocycles. The molecule has 0 aliphatic carbocycles. The van der Waals surface area contributed by atoms with Crippen molar-refractivity contribution in [1.82, 2.24) is 4.98 Å². The quantitative estimate of drug-likeness (QED) is 0.920. The fraction of sp³-hybridized carbons (Fsp3) is 0.294. The zero-order valence-corrected chi connectivity index (χ0v) is 12.4. The number of aromatic nitrogens is 1. The maximum absolute atomic E-state index is 12.3. The van der Waals surface area contributed by atoms with Crippen LogP contribution >= 0.6 is 0 Å². The first kappa shape index (κ1) is 13.6. The third kappa shape index (κ3) is 2.37. The molecule has 1 aromatic heterocycles. The molecule has 1 amide bonds. The number of nitrogens with zero attached hydrogens (tertiary/aromatic N) is 2. The second-order valence-electron chi connectivity index (χ2n) is 5.54. The van der Waals surface area contributed by atoms with E-state index in [2.05, 4.69) is 11.1 Å². The van der Waals surface area contributed by atoms with E-state index in [1.165, 1.54) is 5.56 Å². The summed E-state index contributed by atoms with van der Waals surface area (Å²) in [5, 5.41) is 0. The normalized spacial score (nSPS) is 14.2. The van der Waals surface area contributed by atoms with Crippen LogP contribution in [0.2, 0.25) is 0 Å². The Morgan fingerprint density at radius 3 is 2.81 bits per heavy atom. The zero-order valence-electron chi connectivity index (χ0n) is 12.4. The van der Waals surface area contributed by atoms with Crippen LogP contribution in [0, 0.1) is 13.8 Å². The van der Waals surface area contributed by atoms with E-state index in [0.717, 1.165) is 34.6 Å². The highest BCUT2D eigenvalue weighted by atomic mass is 16.2. The van der Waals surface area contributed by atoms with E-state index in [1.54, 1.807) is 6.20 Å². The molecule has 0 radical (unpaired) electrons. The number of benzene rings is 1. The minimum Gasteiger partial charge on any atom is -0.398 e. The minimum atomic E-state index is 0.147. The molecule has 2 heterocycles. The number of nitrogens with two attached hydrogens (primary N) is 1. The molecule has 0 fully saturated rings. The Bertz CT molecular complexity index is 709. The topological polar surface area (TPSA) is 59.2 Å². The highest BCUT2D eigenvalue weighted by Gasteiger charge is 2.24. The van der Waals surface area contributed by atoms with Crippen LogP contribution in [0.5, 0.6) is 0 Å². The van der Waals surface area contributed by atoms with Crippen LogP contribution in [0.25, 0.3) is 0 Å². The average Bonchev–Trinajstić information content (AvgIpc) is 2.50. The highest BCUT2D eigenvalue weighted by molar-refractivity contribution is 5.96. The third-order valence-corrected chi connectivity index (χ3v) is 4.18. The summed E-state index contributed by atoms with van der Waals surface area (Å²) in [7, 11) is 0. The van der Waals surface area contributed by atoms with Crippen molar-refractivity contribution in [1.29, 1.82) is 0 Å². The molecule has 2 aromatic rings. The Morgan fingerprint density at radius 2 is 2.00 bits per heavy atom. The summed E-state index contributed by atoms with van der Waals surface area (Å²) in [5.74, 6) is 0.147. The molecule has 0 bridgehead atoms. The SMILES string of the molecule is Cc1cnc(CN2C(=O)CCc3ccccc32)c(C)c1N. The average molecular weight is 281 g/mol. The Balaban J connectivity index is 1.98. The second kappa shape index (κ2) is 5.20. The first-order valence-corrected chi connectivity index (χ1v) is 7.16. The lowest BCUT2D eigenvalue weighted by Gasteiger charge is -2.29. The molecule has 4 nitrogen and oxygen atoms in total. The predicted molar refractivity (Wildman–Crippen MR) is 84.1 cm³/mol. The molecule has 1 aliphatic rings. The second-order valence-corrected chi connectivity index (χ2v) is 5.54. The summed E-state index contributed by atoms with van der Waals surface area (Å²) in [6.07, 6.45) is 3.14. The number of aryl methyl sites for hydroxylation is 2. The van der Waals surface area contributed by atoms with Crippen molar-refractivity contribution >= 4 is 17.3 Å². The minimum absolute atomic E-state index is 0.147. The van der Waals surface area contributed by atoms with E-state index in [1.807, 2.05) is 36.9 Å². The van der Waals surface area contributed by atoms with Gasteiger partial charge in [0.25, 0.3) is 0 Å². The van der Waals surface area contributed by atoms with Crippen LogP contribution < -0.4 is 10.6 Å². The van der Waals surface area contributed by atoms with Gasteiger partial charge in [0, 0.05) is 24.0 Å². The van der Waals surface area contributed by atoms with E-state index in [0.29, 0.717) is 13.0 Å². The molecular formula is C17H19N3O. The number of hydrogen-bond donors (Lipinski definition) is 1. The van der Waals surface area contributed by atoms with Gasteiger partial charge >= 0.3 is 0 Å². The molecule has 1 aliphatic heterocycles. The van der Waals surface area contributed by atoms with Gasteiger partial charge < -0.3 is 10.6 Å². The predicted octanol–water partition coefficient (Wildman–Crippen LogP) is 2.76. The molecule has 2 N–H and O–H groups in total. The number of pyridine rings is 1. The van der Waals surface area contributed by atoms with E-state index >= 15 is 0 Å². The fourth-order valence-corrected chi connectivity index (χ4v) is 2.77. The molecule has 108 valence electrons. The maximum Gasteiger partial charge on any atom is 0.227 e. The largest absolute Gasteiger partial charge is 0.398 e. The number of carbonyl (C=O) groups is 1. The molecule has 3 rings (SSSR count). The Hall–Kier alpha value is -2.36. The Labute approximate surface area is 124 Å². The van der Waals surface area contributed by atoms with Gasteiger partial charge in [-0.2, -0.15) is 0 Å². The van der Waals surface area contributed by atoms with Crippen LogP contribution in [0.4, 0.5) is 11.4 Å². The number of fused-ring (bicyclic) bond motifs is 1. The number of anilines is 2. The Kier molecular flexibility index (Phi) is 3.37. The first-order chi connectivity index (χ1) is 10.1. The van der Waals surface area contributed by atoms with E-state index < -0.39 is 0 Å². The van der Waals surface area contributed by atoms with Crippen molar-refractivity contribution in [3.8, 4) is 0 Å². The molecule has 21 heavy (non-hydrogen) atoms. The molecule has 1 aromatic carbocycles. The summed E-state index contributed by atoms with van der Waals surface area (Å²) in [6.45, 7) is 4.39. The molecule has 0 unspecified atom stereocenters. The lowest BCUT2D eigenvalue weighted by molar-refractivity contribution is -0.119. The van der Waals surface area contributed by atoms with Crippen LogP contribution in [0.15, 0.2) is 30.5 Å². The Morgan fingerprint density at radius 1 is 1.24 bits per heavy atom. The molecule has 4 heteroatoms. The van der Waals surface area contributed by atoms with E-state index in [4.69, 9.17) is 5.73 Å². The molecule has 0 atom stereocenters. The number of hydrogen-bond acceptors (Lipinski definition) is 3. The van der Waals surface area contributed by atoms with Crippen LogP contribution in [0.1, 0.15) is 28.8 Å². The lowest BCUT2D eigenvalue weighted by Crippen LogP contribution is -2.35. The van der Waals surface area contributed by atoms with Gasteiger partial charge in [0.2, 0.25) is 5.91 Å². The summed E-state index contributed by atoms with van der Waals surface area (Å²) in [5.41, 5.74) is 11.8. The van der Waals surface area contributed by atoms with Crippen molar-refractivity contribution in [3.63, 3.8) is 0 Å². The van der Waals surface area contributed by atoms with Crippen molar-refractivity contribution < 1.29 is 4.79 Å². The summed E-state index contributed by atoms with van der Waals surface area (Å²) in [4.78, 5) is 18.6. The van der Waals surface area contributed by atoms with Gasteiger partial charge in [0.05, 0.1) is 12.2 Å². The summed E-state index contributed by atoms with van der Waals surface area (Å²) < 4.78 is 0. The van der Waals surface area contributed by atoms with Crippen LogP contribution in [-0.4, -0.2) is 10.9 Å². The van der Waals surface area contributed by atoms with Crippen molar-refractivity contribution in [3.05, 3.63) is 52.8 Å². The number of para-hydroxylation sites is 1. The number of amides is 1.